The fourth-order valence-corrected chi connectivity index (χ4v) is 3.71. The Morgan fingerprint density at radius 1 is 0.938 bits per heavy atom. The molecule has 0 bridgehead atoms. The van der Waals surface area contributed by atoms with E-state index in [4.69, 9.17) is 21.1 Å². The van der Waals surface area contributed by atoms with Gasteiger partial charge in [-0.3, -0.25) is 9.59 Å². The lowest BCUT2D eigenvalue weighted by Gasteiger charge is -2.10. The molecule has 4 rings (SSSR count). The number of amides is 1. The van der Waals surface area contributed by atoms with E-state index >= 15 is 0 Å². The third kappa shape index (κ3) is 4.45. The molecule has 0 saturated carbocycles. The van der Waals surface area contributed by atoms with E-state index in [2.05, 4.69) is 10.3 Å². The Bertz CT molecular complexity index is 1280. The zero-order valence-corrected chi connectivity index (χ0v) is 18.3. The van der Waals surface area contributed by atoms with Crippen molar-refractivity contribution in [1.82, 2.24) is 4.98 Å². The Morgan fingerprint density at radius 3 is 2.28 bits per heavy atom. The van der Waals surface area contributed by atoms with Gasteiger partial charge in [-0.05, 0) is 35.9 Å². The van der Waals surface area contributed by atoms with Crippen molar-refractivity contribution in [2.75, 3.05) is 19.5 Å². The van der Waals surface area contributed by atoms with Gasteiger partial charge in [0.05, 0.1) is 26.3 Å². The number of H-pyrrole nitrogens is 1. The number of rotatable bonds is 7. The van der Waals surface area contributed by atoms with Crippen LogP contribution in [0.25, 0.3) is 10.9 Å². The molecule has 4 aromatic rings. The minimum Gasteiger partial charge on any atom is -0.497 e. The standard InChI is InChI=1S/C25H21ClN2O4/c1-31-18-10-15(11-19(14-18)32-2)12-22(29)28-23-20-9-8-17(26)13-21(20)27-24(23)25(30)16-6-4-3-5-7-16/h3-11,13-14,27H,12H2,1-2H3,(H,28,29). The van der Waals surface area contributed by atoms with Crippen LogP contribution in [0, 0.1) is 0 Å². The van der Waals surface area contributed by atoms with Gasteiger partial charge in [0.15, 0.2) is 0 Å². The fourth-order valence-electron chi connectivity index (χ4n) is 3.54. The summed E-state index contributed by atoms with van der Waals surface area (Å²) in [7, 11) is 3.11. The number of anilines is 1. The van der Waals surface area contributed by atoms with Crippen LogP contribution < -0.4 is 14.8 Å². The van der Waals surface area contributed by atoms with Gasteiger partial charge < -0.3 is 19.8 Å². The average molecular weight is 449 g/mol. The van der Waals surface area contributed by atoms with Gasteiger partial charge in [0.25, 0.3) is 0 Å². The molecule has 32 heavy (non-hydrogen) atoms. The Kier molecular flexibility index (Phi) is 6.14. The number of nitrogens with one attached hydrogen (secondary N) is 2. The maximum absolute atomic E-state index is 13.2. The van der Waals surface area contributed by atoms with Crippen LogP contribution in [0.4, 0.5) is 5.69 Å². The van der Waals surface area contributed by atoms with Crippen LogP contribution in [-0.4, -0.2) is 30.9 Å². The van der Waals surface area contributed by atoms with Gasteiger partial charge >= 0.3 is 0 Å². The lowest BCUT2D eigenvalue weighted by atomic mass is 10.1. The Balaban J connectivity index is 1.69. The minimum atomic E-state index is -0.279. The lowest BCUT2D eigenvalue weighted by molar-refractivity contribution is -0.115. The molecule has 0 saturated heterocycles. The third-order valence-corrected chi connectivity index (χ3v) is 5.30. The van der Waals surface area contributed by atoms with Gasteiger partial charge in [0.2, 0.25) is 11.7 Å². The van der Waals surface area contributed by atoms with Gasteiger partial charge in [-0.15, -0.1) is 0 Å². The van der Waals surface area contributed by atoms with E-state index in [0.29, 0.717) is 44.4 Å². The molecule has 1 heterocycles. The first kappa shape index (κ1) is 21.5. The van der Waals surface area contributed by atoms with E-state index in [0.717, 1.165) is 5.56 Å². The number of benzene rings is 3. The second-order valence-corrected chi connectivity index (χ2v) is 7.64. The SMILES string of the molecule is COc1cc(CC(=O)Nc2c(C(=O)c3ccccc3)[nH]c3cc(Cl)ccc23)cc(OC)c1. The van der Waals surface area contributed by atoms with Crippen molar-refractivity contribution in [2.45, 2.75) is 6.42 Å². The van der Waals surface area contributed by atoms with Crippen molar-refractivity contribution in [2.24, 2.45) is 0 Å². The fraction of sp³-hybridized carbons (Fsp3) is 0.120. The van der Waals surface area contributed by atoms with E-state index in [1.807, 2.05) is 6.07 Å². The Hall–Kier alpha value is -3.77. The van der Waals surface area contributed by atoms with E-state index in [9.17, 15) is 9.59 Å². The maximum Gasteiger partial charge on any atom is 0.228 e. The number of halogens is 1. The summed E-state index contributed by atoms with van der Waals surface area (Å²) in [5, 5.41) is 4.14. The highest BCUT2D eigenvalue weighted by Gasteiger charge is 2.21. The van der Waals surface area contributed by atoms with Crippen LogP contribution >= 0.6 is 11.6 Å². The van der Waals surface area contributed by atoms with E-state index in [-0.39, 0.29) is 18.1 Å². The Labute approximate surface area is 190 Å². The predicted molar refractivity (Wildman–Crippen MR) is 125 cm³/mol. The van der Waals surface area contributed by atoms with Crippen LogP contribution in [-0.2, 0) is 11.2 Å². The molecular weight excluding hydrogens is 428 g/mol. The molecule has 0 unspecified atom stereocenters. The van der Waals surface area contributed by atoms with E-state index < -0.39 is 0 Å². The zero-order chi connectivity index (χ0) is 22.7. The largest absolute Gasteiger partial charge is 0.497 e. The summed E-state index contributed by atoms with van der Waals surface area (Å²) in [6.45, 7) is 0. The molecule has 162 valence electrons. The van der Waals surface area contributed by atoms with Gasteiger partial charge in [-0.1, -0.05) is 41.9 Å². The van der Waals surface area contributed by atoms with Crippen molar-refractivity contribution < 1.29 is 19.1 Å². The maximum atomic E-state index is 13.2. The topological polar surface area (TPSA) is 80.4 Å². The highest BCUT2D eigenvalue weighted by molar-refractivity contribution is 6.31. The summed E-state index contributed by atoms with van der Waals surface area (Å²) in [5.41, 5.74) is 2.61. The number of ether oxygens (including phenoxy) is 2. The molecule has 1 aromatic heterocycles. The van der Waals surface area contributed by atoms with Crippen LogP contribution in [0.5, 0.6) is 11.5 Å². The number of methoxy groups -OCH3 is 2. The monoisotopic (exact) mass is 448 g/mol. The second-order valence-electron chi connectivity index (χ2n) is 7.21. The lowest BCUT2D eigenvalue weighted by Crippen LogP contribution is -2.17. The molecule has 2 N–H and O–H groups in total. The van der Waals surface area contributed by atoms with Crippen molar-refractivity contribution in [3.05, 3.63) is 88.6 Å². The number of ketones is 1. The predicted octanol–water partition coefficient (Wildman–Crippen LogP) is 5.25. The number of carbonyl (C=O) groups is 2. The van der Waals surface area contributed by atoms with Crippen LogP contribution in [0.3, 0.4) is 0 Å². The summed E-state index contributed by atoms with van der Waals surface area (Å²) in [6, 6.07) is 19.4. The molecule has 0 aliphatic rings. The van der Waals surface area contributed by atoms with Gasteiger partial charge in [0, 0.05) is 27.6 Å². The molecule has 0 aliphatic carbocycles. The van der Waals surface area contributed by atoms with E-state index in [1.54, 1.807) is 74.9 Å². The number of fused-ring (bicyclic) bond motifs is 1. The van der Waals surface area contributed by atoms with Gasteiger partial charge in [-0.2, -0.15) is 0 Å². The molecule has 0 radical (unpaired) electrons. The summed E-state index contributed by atoms with van der Waals surface area (Å²) in [4.78, 5) is 29.3. The number of hydrogen-bond donors (Lipinski definition) is 2. The smallest absolute Gasteiger partial charge is 0.228 e. The Morgan fingerprint density at radius 2 is 1.62 bits per heavy atom. The number of aromatic nitrogens is 1. The number of carbonyl (C=O) groups excluding carboxylic acids is 2. The zero-order valence-electron chi connectivity index (χ0n) is 17.6. The van der Waals surface area contributed by atoms with Gasteiger partial charge in [0.1, 0.15) is 17.2 Å². The molecule has 0 fully saturated rings. The molecule has 0 spiro atoms. The van der Waals surface area contributed by atoms with Crippen LogP contribution in [0.2, 0.25) is 5.02 Å². The van der Waals surface area contributed by atoms with Crippen LogP contribution in [0.1, 0.15) is 21.6 Å². The molecule has 0 aliphatic heterocycles. The van der Waals surface area contributed by atoms with Crippen molar-refractivity contribution in [3.63, 3.8) is 0 Å². The molecular formula is C25H21ClN2O4. The van der Waals surface area contributed by atoms with Crippen molar-refractivity contribution >= 4 is 39.9 Å². The van der Waals surface area contributed by atoms with E-state index in [1.165, 1.54) is 0 Å². The molecule has 0 atom stereocenters. The second kappa shape index (κ2) is 9.16. The first-order valence-electron chi connectivity index (χ1n) is 9.91. The molecule has 7 heteroatoms. The molecule has 6 nitrogen and oxygen atoms in total. The molecule has 3 aromatic carbocycles. The summed E-state index contributed by atoms with van der Waals surface area (Å²) >= 11 is 6.13. The molecule has 1 amide bonds. The van der Waals surface area contributed by atoms with Crippen molar-refractivity contribution in [3.8, 4) is 11.5 Å². The average Bonchev–Trinajstić information content (AvgIpc) is 3.15. The minimum absolute atomic E-state index is 0.0762. The third-order valence-electron chi connectivity index (χ3n) is 5.06. The first-order chi connectivity index (χ1) is 15.5. The summed E-state index contributed by atoms with van der Waals surface area (Å²) < 4.78 is 10.6. The number of hydrogen-bond acceptors (Lipinski definition) is 4. The number of aromatic amines is 1. The summed E-state index contributed by atoms with van der Waals surface area (Å²) in [6.07, 6.45) is 0.0762. The highest BCUT2D eigenvalue weighted by atomic mass is 35.5. The van der Waals surface area contributed by atoms with Gasteiger partial charge in [-0.25, -0.2) is 0 Å². The highest BCUT2D eigenvalue weighted by Crippen LogP contribution is 2.32. The summed E-state index contributed by atoms with van der Waals surface area (Å²) in [5.74, 6) is 0.678. The first-order valence-corrected chi connectivity index (χ1v) is 10.3. The van der Waals surface area contributed by atoms with Crippen LogP contribution in [0.15, 0.2) is 66.7 Å². The normalized spacial score (nSPS) is 10.7. The quantitative estimate of drug-likeness (QED) is 0.378. The van der Waals surface area contributed by atoms with Crippen molar-refractivity contribution in [1.29, 1.82) is 0 Å².